The molecule has 2 atom stereocenters. The lowest BCUT2D eigenvalue weighted by atomic mass is 9.94. The first-order chi connectivity index (χ1) is 6.67. The van der Waals surface area contributed by atoms with Crippen molar-refractivity contribution in [1.82, 2.24) is 4.90 Å². The van der Waals surface area contributed by atoms with Gasteiger partial charge < -0.3 is 10.0 Å². The van der Waals surface area contributed by atoms with Gasteiger partial charge >= 0.3 is 0 Å². The Kier molecular flexibility index (Phi) is 2.79. The number of likely N-dealkylation sites (N-methyl/N-ethyl adjacent to an activating group) is 1. The summed E-state index contributed by atoms with van der Waals surface area (Å²) in [6.45, 7) is 5.40. The molecule has 0 aromatic heterocycles. The second-order valence-corrected chi connectivity index (χ2v) is 4.92. The van der Waals surface area contributed by atoms with E-state index in [2.05, 4.69) is 11.8 Å². The molecule has 1 N–H and O–H groups in total. The topological polar surface area (TPSA) is 40.5 Å². The largest absolute Gasteiger partial charge is 0.367 e. The predicted octanol–water partition coefficient (Wildman–Crippen LogP) is 0.577. The maximum absolute atomic E-state index is 13.4. The van der Waals surface area contributed by atoms with Crippen molar-refractivity contribution in [2.45, 2.75) is 32.5 Å². The first-order valence-electron chi connectivity index (χ1n) is 4.83. The molecule has 1 heterocycles. The van der Waals surface area contributed by atoms with Gasteiger partial charge in [0.2, 0.25) is 5.60 Å². The van der Waals surface area contributed by atoms with Gasteiger partial charge in [-0.25, -0.2) is 4.39 Å². The number of amides is 1. The third-order valence-corrected chi connectivity index (χ3v) is 2.19. The molecule has 1 aliphatic rings. The van der Waals surface area contributed by atoms with E-state index in [-0.39, 0.29) is 12.0 Å². The molecule has 0 aromatic rings. The smallest absolute Gasteiger partial charge is 0.270 e. The van der Waals surface area contributed by atoms with E-state index in [9.17, 15) is 14.3 Å². The minimum Gasteiger partial charge on any atom is -0.367 e. The normalized spacial score (nSPS) is 31.5. The van der Waals surface area contributed by atoms with Gasteiger partial charge in [-0.2, -0.15) is 0 Å². The molecular weight excluding hydrogens is 197 g/mol. The van der Waals surface area contributed by atoms with Crippen molar-refractivity contribution in [2.75, 3.05) is 13.6 Å². The van der Waals surface area contributed by atoms with Crippen LogP contribution in [-0.2, 0) is 4.79 Å². The number of aliphatic hydroxyl groups is 1. The first-order valence-corrected chi connectivity index (χ1v) is 4.83. The van der Waals surface area contributed by atoms with Gasteiger partial charge in [0, 0.05) is 12.5 Å². The summed E-state index contributed by atoms with van der Waals surface area (Å²) < 4.78 is 13.4. The molecule has 1 saturated heterocycles. The van der Waals surface area contributed by atoms with Gasteiger partial charge in [-0.05, 0) is 20.8 Å². The summed E-state index contributed by atoms with van der Waals surface area (Å²) >= 11 is 0. The number of hydrogen-bond acceptors (Lipinski definition) is 2. The van der Waals surface area contributed by atoms with Gasteiger partial charge in [-0.1, -0.05) is 11.8 Å². The third kappa shape index (κ3) is 2.29. The molecular formula is C11H16FNO2. The van der Waals surface area contributed by atoms with Crippen LogP contribution < -0.4 is 0 Å². The third-order valence-electron chi connectivity index (χ3n) is 2.19. The molecule has 1 aliphatic heterocycles. The van der Waals surface area contributed by atoms with E-state index in [0.717, 1.165) is 4.90 Å². The number of alkyl halides is 1. The highest BCUT2D eigenvalue weighted by atomic mass is 19.1. The fourth-order valence-corrected chi connectivity index (χ4v) is 1.29. The van der Waals surface area contributed by atoms with Crippen LogP contribution in [0.15, 0.2) is 0 Å². The van der Waals surface area contributed by atoms with E-state index < -0.39 is 17.7 Å². The Morgan fingerprint density at radius 3 is 2.47 bits per heavy atom. The van der Waals surface area contributed by atoms with Gasteiger partial charge in [-0.15, -0.1) is 0 Å². The molecule has 0 saturated carbocycles. The fourth-order valence-electron chi connectivity index (χ4n) is 1.29. The van der Waals surface area contributed by atoms with E-state index >= 15 is 0 Å². The lowest BCUT2D eigenvalue weighted by Crippen LogP contribution is -2.42. The van der Waals surface area contributed by atoms with Crippen LogP contribution in [0.25, 0.3) is 0 Å². The van der Waals surface area contributed by atoms with Crippen LogP contribution in [0.3, 0.4) is 0 Å². The van der Waals surface area contributed by atoms with Gasteiger partial charge in [0.15, 0.2) is 6.17 Å². The summed E-state index contributed by atoms with van der Waals surface area (Å²) in [6, 6.07) is 0. The summed E-state index contributed by atoms with van der Waals surface area (Å²) in [6.07, 6.45) is -1.63. The predicted molar refractivity (Wildman–Crippen MR) is 54.7 cm³/mol. The van der Waals surface area contributed by atoms with Crippen LogP contribution in [0, 0.1) is 17.3 Å². The van der Waals surface area contributed by atoms with Crippen molar-refractivity contribution in [1.29, 1.82) is 0 Å². The molecule has 0 aromatic carbocycles. The summed E-state index contributed by atoms with van der Waals surface area (Å²) in [5, 5.41) is 9.82. The Bertz CT molecular complexity index is 337. The van der Waals surface area contributed by atoms with E-state index in [1.165, 1.54) is 7.05 Å². The quantitative estimate of drug-likeness (QED) is 0.598. The van der Waals surface area contributed by atoms with Crippen LogP contribution in [0.2, 0.25) is 0 Å². The fraction of sp³-hybridized carbons (Fsp3) is 0.727. The molecule has 0 spiro atoms. The number of carbonyl (C=O) groups is 1. The molecule has 1 rings (SSSR count). The number of nitrogens with zero attached hydrogens (tertiary/aromatic N) is 1. The molecule has 0 radical (unpaired) electrons. The molecule has 2 unspecified atom stereocenters. The number of carbonyl (C=O) groups excluding carboxylic acids is 1. The van der Waals surface area contributed by atoms with E-state index in [1.807, 2.05) is 20.8 Å². The van der Waals surface area contributed by atoms with Crippen molar-refractivity contribution in [3.05, 3.63) is 0 Å². The molecule has 1 amide bonds. The maximum Gasteiger partial charge on any atom is 0.270 e. The number of hydrogen-bond donors (Lipinski definition) is 1. The lowest BCUT2D eigenvalue weighted by Gasteiger charge is -2.16. The number of halogens is 1. The second kappa shape index (κ2) is 3.49. The molecule has 4 heteroatoms. The molecule has 84 valence electrons. The van der Waals surface area contributed by atoms with E-state index in [1.54, 1.807) is 0 Å². The van der Waals surface area contributed by atoms with Crippen LogP contribution >= 0.6 is 0 Å². The Labute approximate surface area is 89.3 Å². The standard InChI is InChI=1S/C11H16FNO2/c1-10(2,3)5-6-11(15)8(12)7-13(4)9(11)14/h8,15H,7H2,1-4H3. The Hall–Kier alpha value is -1.08. The highest BCUT2D eigenvalue weighted by molar-refractivity contribution is 5.91. The summed E-state index contributed by atoms with van der Waals surface area (Å²) in [5.74, 6) is 4.40. The van der Waals surface area contributed by atoms with E-state index in [0.29, 0.717) is 0 Å². The van der Waals surface area contributed by atoms with Gasteiger partial charge in [0.25, 0.3) is 5.91 Å². The summed E-state index contributed by atoms with van der Waals surface area (Å²) in [5.41, 5.74) is -2.51. The van der Waals surface area contributed by atoms with Crippen molar-refractivity contribution >= 4 is 5.91 Å². The molecule has 0 aliphatic carbocycles. The van der Waals surface area contributed by atoms with Crippen LogP contribution in [0.1, 0.15) is 20.8 Å². The minimum atomic E-state index is -2.15. The van der Waals surface area contributed by atoms with E-state index in [4.69, 9.17) is 0 Å². The minimum absolute atomic E-state index is 0.103. The number of likely N-dealkylation sites (tertiary alicyclic amines) is 1. The zero-order valence-electron chi connectivity index (χ0n) is 9.47. The van der Waals surface area contributed by atoms with Gasteiger partial charge in [0.1, 0.15) is 0 Å². The molecule has 15 heavy (non-hydrogen) atoms. The average Bonchev–Trinajstić information content (AvgIpc) is 2.27. The SMILES string of the molecule is CN1CC(F)C(O)(C#CC(C)(C)C)C1=O. The van der Waals surface area contributed by atoms with Gasteiger partial charge in [0.05, 0.1) is 6.54 Å². The van der Waals surface area contributed by atoms with Crippen LogP contribution in [0.4, 0.5) is 4.39 Å². The van der Waals surface area contributed by atoms with Crippen molar-refractivity contribution in [3.8, 4) is 11.8 Å². The Morgan fingerprint density at radius 2 is 2.13 bits per heavy atom. The highest BCUT2D eigenvalue weighted by Gasteiger charge is 2.52. The second-order valence-electron chi connectivity index (χ2n) is 4.92. The molecule has 0 bridgehead atoms. The Morgan fingerprint density at radius 1 is 1.60 bits per heavy atom. The lowest BCUT2D eigenvalue weighted by molar-refractivity contribution is -0.139. The Balaban J connectivity index is 3.00. The highest BCUT2D eigenvalue weighted by Crippen LogP contribution is 2.25. The average molecular weight is 213 g/mol. The molecule has 1 fully saturated rings. The van der Waals surface area contributed by atoms with Crippen molar-refractivity contribution < 1.29 is 14.3 Å². The van der Waals surface area contributed by atoms with Crippen LogP contribution in [-0.4, -0.2) is 41.3 Å². The maximum atomic E-state index is 13.4. The monoisotopic (exact) mass is 213 g/mol. The van der Waals surface area contributed by atoms with Crippen molar-refractivity contribution in [2.24, 2.45) is 5.41 Å². The summed E-state index contributed by atoms with van der Waals surface area (Å²) in [4.78, 5) is 12.6. The van der Waals surface area contributed by atoms with Crippen molar-refractivity contribution in [3.63, 3.8) is 0 Å². The zero-order valence-corrected chi connectivity index (χ0v) is 9.47. The zero-order chi connectivity index (χ0) is 11.9. The summed E-state index contributed by atoms with van der Waals surface area (Å²) in [7, 11) is 1.45. The van der Waals surface area contributed by atoms with Gasteiger partial charge in [-0.3, -0.25) is 4.79 Å². The first kappa shape index (κ1) is 12.0. The number of rotatable bonds is 0. The van der Waals surface area contributed by atoms with Crippen LogP contribution in [0.5, 0.6) is 0 Å². The molecule has 3 nitrogen and oxygen atoms in total.